The highest BCUT2D eigenvalue weighted by atomic mass is 35.5. The molecule has 5 heteroatoms. The number of rotatable bonds is 4. The van der Waals surface area contributed by atoms with Crippen LogP contribution in [0, 0.1) is 6.42 Å². The van der Waals surface area contributed by atoms with Gasteiger partial charge in [-0.3, -0.25) is 9.59 Å². The van der Waals surface area contributed by atoms with Crippen LogP contribution < -0.4 is 11.5 Å². The zero-order chi connectivity index (χ0) is 11.4. The molecule has 0 aliphatic carbocycles. The van der Waals surface area contributed by atoms with Gasteiger partial charge in [0.1, 0.15) is 0 Å². The van der Waals surface area contributed by atoms with Crippen LogP contribution in [0.15, 0.2) is 18.2 Å². The van der Waals surface area contributed by atoms with E-state index in [9.17, 15) is 9.59 Å². The predicted octanol–water partition coefficient (Wildman–Crippen LogP) is 0.671. The van der Waals surface area contributed by atoms with E-state index in [4.69, 9.17) is 23.1 Å². The summed E-state index contributed by atoms with van der Waals surface area (Å²) in [5.41, 5.74) is 11.1. The minimum Gasteiger partial charge on any atom is -0.369 e. The Labute approximate surface area is 92.2 Å². The van der Waals surface area contributed by atoms with Crippen molar-refractivity contribution in [2.24, 2.45) is 11.5 Å². The lowest BCUT2D eigenvalue weighted by Crippen LogP contribution is -2.16. The molecule has 0 spiro atoms. The number of amides is 2. The van der Waals surface area contributed by atoms with Crippen molar-refractivity contribution in [2.75, 3.05) is 0 Å². The third-order valence-corrected chi connectivity index (χ3v) is 2.10. The van der Waals surface area contributed by atoms with Crippen molar-refractivity contribution in [2.45, 2.75) is 6.42 Å². The third-order valence-electron chi connectivity index (χ3n) is 1.86. The van der Waals surface area contributed by atoms with E-state index in [-0.39, 0.29) is 6.42 Å². The van der Waals surface area contributed by atoms with Crippen molar-refractivity contribution in [1.82, 2.24) is 0 Å². The van der Waals surface area contributed by atoms with Gasteiger partial charge < -0.3 is 11.5 Å². The lowest BCUT2D eigenvalue weighted by atomic mass is 10.0. The molecule has 4 N–H and O–H groups in total. The van der Waals surface area contributed by atoms with Crippen LogP contribution in [0.2, 0.25) is 5.02 Å². The van der Waals surface area contributed by atoms with Gasteiger partial charge >= 0.3 is 0 Å². The first-order chi connectivity index (χ1) is 7.00. The number of nitrogens with two attached hydrogens (primary N) is 2. The van der Waals surface area contributed by atoms with Crippen LogP contribution in [0.1, 0.15) is 15.9 Å². The average Bonchev–Trinajstić information content (AvgIpc) is 2.15. The Morgan fingerprint density at radius 2 is 2.00 bits per heavy atom. The lowest BCUT2D eigenvalue weighted by Gasteiger charge is -2.05. The molecule has 0 aliphatic heterocycles. The van der Waals surface area contributed by atoms with E-state index in [0.717, 1.165) is 0 Å². The summed E-state index contributed by atoms with van der Waals surface area (Å²) in [4.78, 5) is 21.6. The monoisotopic (exact) mass is 225 g/mol. The molecule has 0 saturated carbocycles. The quantitative estimate of drug-likeness (QED) is 0.789. The molecule has 0 heterocycles. The number of primary amides is 2. The Balaban J connectivity index is 2.95. The van der Waals surface area contributed by atoms with Gasteiger partial charge in [0.15, 0.2) is 0 Å². The first kappa shape index (κ1) is 11.5. The number of benzene rings is 1. The number of hydrogen-bond acceptors (Lipinski definition) is 2. The fourth-order valence-electron chi connectivity index (χ4n) is 1.17. The van der Waals surface area contributed by atoms with E-state index in [1.165, 1.54) is 12.5 Å². The maximum Gasteiger partial charge on any atom is 0.249 e. The van der Waals surface area contributed by atoms with Crippen LogP contribution in [0.5, 0.6) is 0 Å². The molecule has 1 radical (unpaired) electrons. The molecule has 0 saturated heterocycles. The van der Waals surface area contributed by atoms with E-state index in [0.29, 0.717) is 16.1 Å². The number of carbonyl (C=O) groups excluding carboxylic acids is 2. The van der Waals surface area contributed by atoms with Gasteiger partial charge in [-0.1, -0.05) is 17.7 Å². The summed E-state index contributed by atoms with van der Waals surface area (Å²) in [6.07, 6.45) is 1.54. The summed E-state index contributed by atoms with van der Waals surface area (Å²) < 4.78 is 0. The Kier molecular flexibility index (Phi) is 3.68. The van der Waals surface area contributed by atoms with Gasteiger partial charge in [-0.05, 0) is 24.1 Å². The topological polar surface area (TPSA) is 86.2 Å². The van der Waals surface area contributed by atoms with Gasteiger partial charge in [-0.15, -0.1) is 0 Å². The summed E-state index contributed by atoms with van der Waals surface area (Å²) >= 11 is 5.71. The number of carbonyl (C=O) groups is 2. The molecule has 1 rings (SSSR count). The standard InChI is InChI=1S/C10H10ClN2O2/c11-7-3-1-6(2-4-9(12)14)8(5-7)10(13)15/h1,3-5H,2H2,(H2,12,14)(H2,13,15). The molecule has 1 aromatic rings. The molecular formula is C10H10ClN2O2. The molecule has 79 valence electrons. The van der Waals surface area contributed by atoms with Crippen molar-refractivity contribution in [3.8, 4) is 0 Å². The fourth-order valence-corrected chi connectivity index (χ4v) is 1.34. The van der Waals surface area contributed by atoms with Crippen molar-refractivity contribution < 1.29 is 9.59 Å². The highest BCUT2D eigenvalue weighted by Gasteiger charge is 2.09. The highest BCUT2D eigenvalue weighted by molar-refractivity contribution is 6.31. The van der Waals surface area contributed by atoms with Gasteiger partial charge in [0.25, 0.3) is 0 Å². The number of hydrogen-bond donors (Lipinski definition) is 2. The Hall–Kier alpha value is -1.55. The largest absolute Gasteiger partial charge is 0.369 e. The van der Waals surface area contributed by atoms with Crippen molar-refractivity contribution in [3.05, 3.63) is 40.8 Å². The van der Waals surface area contributed by atoms with Gasteiger partial charge in [0.2, 0.25) is 11.8 Å². The molecule has 1 aromatic carbocycles. The molecule has 0 aromatic heterocycles. The minimum absolute atomic E-state index is 0.269. The Morgan fingerprint density at radius 3 is 2.53 bits per heavy atom. The second kappa shape index (κ2) is 4.79. The van der Waals surface area contributed by atoms with E-state index in [2.05, 4.69) is 0 Å². The summed E-state index contributed by atoms with van der Waals surface area (Å²) in [7, 11) is 0. The van der Waals surface area contributed by atoms with Crippen molar-refractivity contribution in [1.29, 1.82) is 0 Å². The number of halogens is 1. The Bertz CT molecular complexity index is 404. The molecule has 0 aliphatic rings. The van der Waals surface area contributed by atoms with E-state index >= 15 is 0 Å². The van der Waals surface area contributed by atoms with Gasteiger partial charge in [0, 0.05) is 10.6 Å². The van der Waals surface area contributed by atoms with E-state index in [1.807, 2.05) is 0 Å². The summed E-state index contributed by atoms with van der Waals surface area (Å²) in [5.74, 6) is -1.12. The molecular weight excluding hydrogens is 216 g/mol. The molecule has 15 heavy (non-hydrogen) atoms. The van der Waals surface area contributed by atoms with Gasteiger partial charge in [0.05, 0.1) is 6.42 Å². The maximum atomic E-state index is 11.1. The van der Waals surface area contributed by atoms with Crippen LogP contribution in [-0.4, -0.2) is 11.8 Å². The normalized spacial score (nSPS) is 9.93. The first-order valence-corrected chi connectivity index (χ1v) is 4.59. The average molecular weight is 226 g/mol. The Morgan fingerprint density at radius 1 is 1.33 bits per heavy atom. The lowest BCUT2D eigenvalue weighted by molar-refractivity contribution is -0.115. The zero-order valence-corrected chi connectivity index (χ0v) is 8.62. The minimum atomic E-state index is -0.578. The molecule has 0 bridgehead atoms. The molecule has 4 nitrogen and oxygen atoms in total. The highest BCUT2D eigenvalue weighted by Crippen LogP contribution is 2.16. The molecule has 0 atom stereocenters. The molecule has 2 amide bonds. The predicted molar refractivity (Wildman–Crippen MR) is 57.2 cm³/mol. The fraction of sp³-hybridized carbons (Fsp3) is 0.100. The third kappa shape index (κ3) is 3.25. The van der Waals surface area contributed by atoms with Crippen LogP contribution in [-0.2, 0) is 11.2 Å². The van der Waals surface area contributed by atoms with Crippen LogP contribution in [0.3, 0.4) is 0 Å². The van der Waals surface area contributed by atoms with Crippen LogP contribution >= 0.6 is 11.6 Å². The smallest absolute Gasteiger partial charge is 0.249 e. The zero-order valence-electron chi connectivity index (χ0n) is 7.87. The van der Waals surface area contributed by atoms with Crippen molar-refractivity contribution in [3.63, 3.8) is 0 Å². The first-order valence-electron chi connectivity index (χ1n) is 4.21. The second-order valence-electron chi connectivity index (χ2n) is 2.98. The van der Waals surface area contributed by atoms with Crippen molar-refractivity contribution >= 4 is 23.4 Å². The van der Waals surface area contributed by atoms with Crippen LogP contribution in [0.4, 0.5) is 0 Å². The summed E-state index contributed by atoms with van der Waals surface area (Å²) in [6, 6.07) is 4.73. The maximum absolute atomic E-state index is 11.1. The molecule has 0 unspecified atom stereocenters. The summed E-state index contributed by atoms with van der Waals surface area (Å²) in [6.45, 7) is 0. The SMILES string of the molecule is NC(=O)[CH]Cc1ccc(Cl)cc1C(N)=O. The van der Waals surface area contributed by atoms with Crippen LogP contribution in [0.25, 0.3) is 0 Å². The summed E-state index contributed by atoms with van der Waals surface area (Å²) in [5, 5.41) is 0.423. The van der Waals surface area contributed by atoms with E-state index < -0.39 is 11.8 Å². The second-order valence-corrected chi connectivity index (χ2v) is 3.41. The van der Waals surface area contributed by atoms with E-state index in [1.54, 1.807) is 12.1 Å². The van der Waals surface area contributed by atoms with Gasteiger partial charge in [-0.2, -0.15) is 0 Å². The molecule has 0 fully saturated rings. The van der Waals surface area contributed by atoms with Gasteiger partial charge in [-0.25, -0.2) is 0 Å².